The molecule has 1 aromatic heterocycles. The van der Waals surface area contributed by atoms with E-state index >= 15 is 0 Å². The molecule has 140 valence electrons. The molecule has 1 heterocycles. The number of rotatable bonds is 4. The van der Waals surface area contributed by atoms with Crippen molar-refractivity contribution in [1.29, 1.82) is 0 Å². The van der Waals surface area contributed by atoms with E-state index < -0.39 is 23.7 Å². The summed E-state index contributed by atoms with van der Waals surface area (Å²) in [5.74, 6) is 0.0734. The van der Waals surface area contributed by atoms with Crippen molar-refractivity contribution < 1.29 is 18.0 Å². The Balaban J connectivity index is 1.89. The number of imidazole rings is 1. The number of carbonyl (C=O) groups is 1. The van der Waals surface area contributed by atoms with E-state index in [1.165, 1.54) is 0 Å². The number of hydrogen-bond donors (Lipinski definition) is 1. The molecule has 0 saturated carbocycles. The van der Waals surface area contributed by atoms with E-state index in [1.54, 1.807) is 48.3 Å². The second-order valence-corrected chi connectivity index (χ2v) is 6.37. The second-order valence-electron chi connectivity index (χ2n) is 5.93. The zero-order valence-corrected chi connectivity index (χ0v) is 14.9. The van der Waals surface area contributed by atoms with Crippen molar-refractivity contribution in [2.45, 2.75) is 12.2 Å². The first-order chi connectivity index (χ1) is 12.8. The zero-order valence-electron chi connectivity index (χ0n) is 14.2. The lowest BCUT2D eigenvalue weighted by atomic mass is 10.0. The van der Waals surface area contributed by atoms with Gasteiger partial charge in [0.1, 0.15) is 11.9 Å². The zero-order chi connectivity index (χ0) is 19.6. The Labute approximate surface area is 158 Å². The van der Waals surface area contributed by atoms with Gasteiger partial charge in [-0.2, -0.15) is 13.2 Å². The number of halogens is 4. The van der Waals surface area contributed by atoms with Gasteiger partial charge in [-0.05, 0) is 42.0 Å². The molecule has 0 spiro atoms. The van der Waals surface area contributed by atoms with Crippen LogP contribution in [0.1, 0.15) is 33.4 Å². The van der Waals surface area contributed by atoms with Crippen molar-refractivity contribution in [1.82, 2.24) is 14.9 Å². The van der Waals surface area contributed by atoms with E-state index in [-0.39, 0.29) is 5.56 Å². The molecule has 4 nitrogen and oxygen atoms in total. The van der Waals surface area contributed by atoms with E-state index in [9.17, 15) is 18.0 Å². The smallest absolute Gasteiger partial charge is 0.338 e. The third-order valence-electron chi connectivity index (χ3n) is 4.07. The van der Waals surface area contributed by atoms with Gasteiger partial charge in [-0.15, -0.1) is 0 Å². The second kappa shape index (κ2) is 7.44. The Morgan fingerprint density at radius 2 is 1.74 bits per heavy atom. The summed E-state index contributed by atoms with van der Waals surface area (Å²) >= 11 is 5.93. The number of aromatic nitrogens is 2. The number of hydrogen-bond acceptors (Lipinski definition) is 2. The number of benzene rings is 2. The summed E-state index contributed by atoms with van der Waals surface area (Å²) < 4.78 is 39.8. The van der Waals surface area contributed by atoms with Crippen LogP contribution in [0.2, 0.25) is 5.02 Å². The van der Waals surface area contributed by atoms with Crippen molar-refractivity contribution >= 4 is 17.5 Å². The largest absolute Gasteiger partial charge is 0.416 e. The molecule has 3 aromatic rings. The van der Waals surface area contributed by atoms with Gasteiger partial charge in [0.2, 0.25) is 0 Å². The molecule has 1 N–H and O–H groups in total. The Hall–Kier alpha value is -2.80. The predicted octanol–water partition coefficient (Wildman–Crippen LogP) is 4.61. The summed E-state index contributed by atoms with van der Waals surface area (Å²) in [4.78, 5) is 16.9. The van der Waals surface area contributed by atoms with Crippen LogP contribution in [0, 0.1) is 0 Å². The standard InChI is InChI=1S/C19H15ClF3N3O/c1-26-11-10-24-17(26)16(12-4-8-15(20)9-5-12)25-18(27)13-2-6-14(7-3-13)19(21,22)23/h2-11,16H,1H3,(H,25,27)/t16-/m0/s1. The van der Waals surface area contributed by atoms with Crippen molar-refractivity contribution in [3.05, 3.63) is 88.5 Å². The fraction of sp³-hybridized carbons (Fsp3) is 0.158. The Bertz CT molecular complexity index is 934. The quantitative estimate of drug-likeness (QED) is 0.703. The van der Waals surface area contributed by atoms with Gasteiger partial charge in [-0.3, -0.25) is 4.79 Å². The van der Waals surface area contributed by atoms with Crippen LogP contribution >= 0.6 is 11.6 Å². The number of carbonyl (C=O) groups excluding carboxylic acids is 1. The molecular weight excluding hydrogens is 379 g/mol. The van der Waals surface area contributed by atoms with E-state index in [0.29, 0.717) is 10.8 Å². The fourth-order valence-corrected chi connectivity index (χ4v) is 2.76. The van der Waals surface area contributed by atoms with E-state index in [1.807, 2.05) is 0 Å². The molecule has 0 unspecified atom stereocenters. The molecular formula is C19H15ClF3N3O. The van der Waals surface area contributed by atoms with Crippen LogP contribution in [0.25, 0.3) is 0 Å². The monoisotopic (exact) mass is 393 g/mol. The number of aryl methyl sites for hydroxylation is 1. The van der Waals surface area contributed by atoms with Crippen LogP contribution in [0.4, 0.5) is 13.2 Å². The minimum Gasteiger partial charge on any atom is -0.338 e. The molecule has 0 fully saturated rings. The highest BCUT2D eigenvalue weighted by atomic mass is 35.5. The highest BCUT2D eigenvalue weighted by Gasteiger charge is 2.30. The molecule has 0 saturated heterocycles. The van der Waals surface area contributed by atoms with E-state index in [0.717, 1.165) is 29.8 Å². The molecule has 1 amide bonds. The number of amides is 1. The minimum absolute atomic E-state index is 0.121. The predicted molar refractivity (Wildman–Crippen MR) is 95.4 cm³/mol. The third kappa shape index (κ3) is 4.31. The van der Waals surface area contributed by atoms with Crippen LogP contribution in [0.5, 0.6) is 0 Å². The first-order valence-corrected chi connectivity index (χ1v) is 8.34. The number of alkyl halides is 3. The third-order valence-corrected chi connectivity index (χ3v) is 4.32. The SMILES string of the molecule is Cn1ccnc1[C@@H](NC(=O)c1ccc(C(F)(F)F)cc1)c1ccc(Cl)cc1. The maximum absolute atomic E-state index is 12.7. The fourth-order valence-electron chi connectivity index (χ4n) is 2.63. The van der Waals surface area contributed by atoms with Gasteiger partial charge < -0.3 is 9.88 Å². The Morgan fingerprint density at radius 1 is 1.11 bits per heavy atom. The molecule has 8 heteroatoms. The Morgan fingerprint density at radius 3 is 2.26 bits per heavy atom. The molecule has 0 aliphatic carbocycles. The van der Waals surface area contributed by atoms with E-state index in [4.69, 9.17) is 11.6 Å². The van der Waals surface area contributed by atoms with Crippen molar-refractivity contribution in [3.63, 3.8) is 0 Å². The minimum atomic E-state index is -4.45. The highest BCUT2D eigenvalue weighted by Crippen LogP contribution is 2.29. The van der Waals surface area contributed by atoms with E-state index in [2.05, 4.69) is 10.3 Å². The van der Waals surface area contributed by atoms with Crippen molar-refractivity contribution in [2.75, 3.05) is 0 Å². The summed E-state index contributed by atoms with van der Waals surface area (Å²) in [6, 6.07) is 10.4. The lowest BCUT2D eigenvalue weighted by Gasteiger charge is -2.19. The molecule has 3 rings (SSSR count). The van der Waals surface area contributed by atoms with Crippen LogP contribution in [-0.4, -0.2) is 15.5 Å². The maximum atomic E-state index is 12.7. The Kier molecular flexibility index (Phi) is 5.23. The topological polar surface area (TPSA) is 46.9 Å². The molecule has 0 radical (unpaired) electrons. The first kappa shape index (κ1) is 19.0. The van der Waals surface area contributed by atoms with Crippen molar-refractivity contribution in [2.24, 2.45) is 7.05 Å². The number of nitrogens with one attached hydrogen (secondary N) is 1. The molecule has 2 aromatic carbocycles. The first-order valence-electron chi connectivity index (χ1n) is 7.96. The molecule has 0 aliphatic heterocycles. The van der Waals surface area contributed by atoms with Crippen LogP contribution in [0.15, 0.2) is 60.9 Å². The maximum Gasteiger partial charge on any atom is 0.416 e. The van der Waals surface area contributed by atoms with Gasteiger partial charge in [-0.25, -0.2) is 4.98 Å². The van der Waals surface area contributed by atoms with Gasteiger partial charge in [0.15, 0.2) is 0 Å². The van der Waals surface area contributed by atoms with Gasteiger partial charge in [-0.1, -0.05) is 23.7 Å². The molecule has 0 aliphatic rings. The van der Waals surface area contributed by atoms with Gasteiger partial charge >= 0.3 is 6.18 Å². The van der Waals surface area contributed by atoms with Gasteiger partial charge in [0.05, 0.1) is 5.56 Å². The highest BCUT2D eigenvalue weighted by molar-refractivity contribution is 6.30. The summed E-state index contributed by atoms with van der Waals surface area (Å²) in [5, 5.41) is 3.37. The molecule has 0 bridgehead atoms. The van der Waals surface area contributed by atoms with Crippen LogP contribution in [0.3, 0.4) is 0 Å². The summed E-state index contributed by atoms with van der Waals surface area (Å²) in [5.41, 5.74) is 0.0579. The average Bonchev–Trinajstić information content (AvgIpc) is 3.05. The van der Waals surface area contributed by atoms with Crippen molar-refractivity contribution in [3.8, 4) is 0 Å². The molecule has 27 heavy (non-hydrogen) atoms. The van der Waals surface area contributed by atoms with Crippen LogP contribution in [-0.2, 0) is 13.2 Å². The summed E-state index contributed by atoms with van der Waals surface area (Å²) in [6.07, 6.45) is -1.11. The van der Waals surface area contributed by atoms with Gasteiger partial charge in [0.25, 0.3) is 5.91 Å². The lowest BCUT2D eigenvalue weighted by Crippen LogP contribution is -2.31. The lowest BCUT2D eigenvalue weighted by molar-refractivity contribution is -0.137. The van der Waals surface area contributed by atoms with Gasteiger partial charge in [0, 0.05) is 30.0 Å². The summed E-state index contributed by atoms with van der Waals surface area (Å²) in [7, 11) is 1.79. The normalized spacial score (nSPS) is 12.6. The van der Waals surface area contributed by atoms with Crippen LogP contribution < -0.4 is 5.32 Å². The molecule has 1 atom stereocenters. The number of nitrogens with zero attached hydrogens (tertiary/aromatic N) is 2. The average molecular weight is 394 g/mol. The summed E-state index contributed by atoms with van der Waals surface area (Å²) in [6.45, 7) is 0.